The third-order valence-electron chi connectivity index (χ3n) is 4.51. The molecule has 0 bridgehead atoms. The van der Waals surface area contributed by atoms with E-state index in [0.717, 1.165) is 34.0 Å². The SMILES string of the molecule is CCc1[nH]nc2c1C(c1cccc3ccccc13)C(C#N)=C(N)O2. The van der Waals surface area contributed by atoms with Crippen LogP contribution in [0.2, 0.25) is 0 Å². The van der Waals surface area contributed by atoms with Crippen LogP contribution in [-0.2, 0) is 6.42 Å². The van der Waals surface area contributed by atoms with Gasteiger partial charge >= 0.3 is 0 Å². The number of hydrogen-bond donors (Lipinski definition) is 2. The van der Waals surface area contributed by atoms with Crippen molar-refractivity contribution in [1.29, 1.82) is 5.26 Å². The Balaban J connectivity index is 2.05. The van der Waals surface area contributed by atoms with Crippen LogP contribution in [0, 0.1) is 11.3 Å². The lowest BCUT2D eigenvalue weighted by Gasteiger charge is -2.25. The van der Waals surface area contributed by atoms with Crippen molar-refractivity contribution in [2.75, 3.05) is 0 Å². The van der Waals surface area contributed by atoms with E-state index in [1.165, 1.54) is 0 Å². The Kier molecular flexibility index (Phi) is 3.24. The van der Waals surface area contributed by atoms with Crippen LogP contribution in [0.15, 0.2) is 53.9 Å². The van der Waals surface area contributed by atoms with E-state index in [0.29, 0.717) is 11.5 Å². The van der Waals surface area contributed by atoms with E-state index >= 15 is 0 Å². The second-order valence-electron chi connectivity index (χ2n) is 5.77. The number of aromatic nitrogens is 2. The largest absolute Gasteiger partial charge is 0.420 e. The average Bonchev–Trinajstić information content (AvgIpc) is 3.02. The highest BCUT2D eigenvalue weighted by atomic mass is 16.5. The van der Waals surface area contributed by atoms with Crippen molar-refractivity contribution >= 4 is 10.8 Å². The number of H-pyrrole nitrogens is 1. The van der Waals surface area contributed by atoms with Gasteiger partial charge in [-0.2, -0.15) is 5.26 Å². The van der Waals surface area contributed by atoms with Crippen LogP contribution < -0.4 is 10.5 Å². The van der Waals surface area contributed by atoms with Crippen LogP contribution in [0.1, 0.15) is 29.7 Å². The van der Waals surface area contributed by atoms with E-state index in [1.54, 1.807) is 0 Å². The molecule has 0 saturated carbocycles. The Morgan fingerprint density at radius 2 is 2.04 bits per heavy atom. The quantitative estimate of drug-likeness (QED) is 0.759. The summed E-state index contributed by atoms with van der Waals surface area (Å²) in [7, 11) is 0. The summed E-state index contributed by atoms with van der Waals surface area (Å²) in [6.45, 7) is 2.04. The molecular formula is C19H16N4O. The van der Waals surface area contributed by atoms with Gasteiger partial charge in [0.1, 0.15) is 11.6 Å². The molecule has 3 aromatic rings. The van der Waals surface area contributed by atoms with Gasteiger partial charge in [0, 0.05) is 11.3 Å². The second kappa shape index (κ2) is 5.43. The molecule has 0 amide bonds. The zero-order valence-corrected chi connectivity index (χ0v) is 13.2. The fraction of sp³-hybridized carbons (Fsp3) is 0.158. The van der Waals surface area contributed by atoms with Gasteiger partial charge in [0.25, 0.3) is 0 Å². The molecule has 1 aromatic heterocycles. The number of aromatic amines is 1. The topological polar surface area (TPSA) is 87.7 Å². The minimum atomic E-state index is -0.279. The number of benzene rings is 2. The Hall–Kier alpha value is -3.26. The molecule has 1 unspecified atom stereocenters. The molecule has 0 radical (unpaired) electrons. The molecule has 0 aliphatic carbocycles. The molecule has 0 spiro atoms. The van der Waals surface area contributed by atoms with E-state index in [-0.39, 0.29) is 11.8 Å². The Bertz CT molecular complexity index is 1000. The summed E-state index contributed by atoms with van der Waals surface area (Å²) in [6, 6.07) is 16.5. The Morgan fingerprint density at radius 1 is 1.25 bits per heavy atom. The van der Waals surface area contributed by atoms with Crippen molar-refractivity contribution in [1.82, 2.24) is 10.2 Å². The lowest BCUT2D eigenvalue weighted by Crippen LogP contribution is -2.21. The van der Waals surface area contributed by atoms with E-state index in [9.17, 15) is 5.26 Å². The summed E-state index contributed by atoms with van der Waals surface area (Å²) in [5.41, 5.74) is 9.33. The van der Waals surface area contributed by atoms with Crippen molar-refractivity contribution in [3.63, 3.8) is 0 Å². The highest BCUT2D eigenvalue weighted by Crippen LogP contribution is 2.44. The zero-order valence-electron chi connectivity index (χ0n) is 13.2. The summed E-state index contributed by atoms with van der Waals surface area (Å²) in [5, 5.41) is 19.2. The van der Waals surface area contributed by atoms with E-state index < -0.39 is 0 Å². The van der Waals surface area contributed by atoms with Crippen LogP contribution in [0.5, 0.6) is 5.88 Å². The van der Waals surface area contributed by atoms with Gasteiger partial charge < -0.3 is 10.5 Å². The van der Waals surface area contributed by atoms with Crippen molar-refractivity contribution < 1.29 is 4.74 Å². The van der Waals surface area contributed by atoms with Gasteiger partial charge in [-0.1, -0.05) is 49.4 Å². The van der Waals surface area contributed by atoms with Crippen molar-refractivity contribution in [3.05, 3.63) is 70.7 Å². The first-order valence-corrected chi connectivity index (χ1v) is 7.87. The maximum atomic E-state index is 9.69. The number of nitrogens with two attached hydrogens (primary N) is 1. The van der Waals surface area contributed by atoms with Crippen LogP contribution in [0.25, 0.3) is 10.8 Å². The number of nitrogens with zero attached hydrogens (tertiary/aromatic N) is 2. The summed E-state index contributed by atoms with van der Waals surface area (Å²) < 4.78 is 5.57. The van der Waals surface area contributed by atoms with E-state index in [1.807, 2.05) is 31.2 Å². The van der Waals surface area contributed by atoms with Gasteiger partial charge in [0.15, 0.2) is 0 Å². The number of nitriles is 1. The third kappa shape index (κ3) is 1.97. The zero-order chi connectivity index (χ0) is 16.7. The Morgan fingerprint density at radius 3 is 2.83 bits per heavy atom. The molecule has 0 saturated heterocycles. The molecular weight excluding hydrogens is 300 g/mol. The van der Waals surface area contributed by atoms with Crippen LogP contribution in [0.3, 0.4) is 0 Å². The molecule has 5 heteroatoms. The number of aryl methyl sites for hydroxylation is 1. The van der Waals surface area contributed by atoms with Crippen LogP contribution >= 0.6 is 0 Å². The van der Waals surface area contributed by atoms with Crippen LogP contribution in [-0.4, -0.2) is 10.2 Å². The van der Waals surface area contributed by atoms with E-state index in [4.69, 9.17) is 10.5 Å². The smallest absolute Gasteiger partial charge is 0.244 e. The minimum Gasteiger partial charge on any atom is -0.420 e. The monoisotopic (exact) mass is 316 g/mol. The van der Waals surface area contributed by atoms with Gasteiger partial charge in [-0.15, -0.1) is 5.10 Å². The first kappa shape index (κ1) is 14.3. The first-order valence-electron chi connectivity index (χ1n) is 7.87. The number of rotatable bonds is 2. The third-order valence-corrected chi connectivity index (χ3v) is 4.51. The Labute approximate surface area is 139 Å². The highest BCUT2D eigenvalue weighted by Gasteiger charge is 2.35. The molecule has 1 atom stereocenters. The number of ether oxygens (including phenoxy) is 1. The summed E-state index contributed by atoms with van der Waals surface area (Å²) >= 11 is 0. The number of nitrogens with one attached hydrogen (secondary N) is 1. The molecule has 0 fully saturated rings. The molecule has 1 aliphatic rings. The lowest BCUT2D eigenvalue weighted by atomic mass is 9.81. The molecule has 2 heterocycles. The summed E-state index contributed by atoms with van der Waals surface area (Å²) in [4.78, 5) is 0. The second-order valence-corrected chi connectivity index (χ2v) is 5.77. The first-order chi connectivity index (χ1) is 11.7. The maximum absolute atomic E-state index is 9.69. The predicted molar refractivity (Wildman–Crippen MR) is 91.2 cm³/mol. The standard InChI is InChI=1S/C19H16N4O/c1-2-15-17-16(14(10-20)18(21)24-19(17)23-22-15)13-9-5-7-11-6-3-4-8-12(11)13/h3-9,16H,2,21H2,1H3,(H,22,23). The fourth-order valence-electron chi connectivity index (χ4n) is 3.39. The molecule has 5 nitrogen and oxygen atoms in total. The molecule has 24 heavy (non-hydrogen) atoms. The van der Waals surface area contributed by atoms with E-state index in [2.05, 4.69) is 34.5 Å². The van der Waals surface area contributed by atoms with Gasteiger partial charge in [-0.25, -0.2) is 0 Å². The van der Waals surface area contributed by atoms with Gasteiger partial charge in [-0.05, 0) is 22.8 Å². The highest BCUT2D eigenvalue weighted by molar-refractivity contribution is 5.87. The fourth-order valence-corrected chi connectivity index (χ4v) is 3.39. The number of hydrogen-bond acceptors (Lipinski definition) is 4. The average molecular weight is 316 g/mol. The summed E-state index contributed by atoms with van der Waals surface area (Å²) in [5.74, 6) is 0.303. The molecule has 4 rings (SSSR count). The molecule has 3 N–H and O–H groups in total. The van der Waals surface area contributed by atoms with Gasteiger partial charge in [0.05, 0.1) is 5.92 Å². The predicted octanol–water partition coefficient (Wildman–Crippen LogP) is 3.34. The normalized spacial score (nSPS) is 16.6. The van der Waals surface area contributed by atoms with Crippen molar-refractivity contribution in [2.24, 2.45) is 5.73 Å². The van der Waals surface area contributed by atoms with Gasteiger partial charge in [0.2, 0.25) is 11.8 Å². The summed E-state index contributed by atoms with van der Waals surface area (Å²) in [6.07, 6.45) is 0.769. The molecule has 2 aromatic carbocycles. The van der Waals surface area contributed by atoms with Crippen molar-refractivity contribution in [2.45, 2.75) is 19.3 Å². The van der Waals surface area contributed by atoms with Crippen molar-refractivity contribution in [3.8, 4) is 11.9 Å². The van der Waals surface area contributed by atoms with Crippen LogP contribution in [0.4, 0.5) is 0 Å². The maximum Gasteiger partial charge on any atom is 0.244 e. The van der Waals surface area contributed by atoms with Gasteiger partial charge in [-0.3, -0.25) is 5.10 Å². The molecule has 118 valence electrons. The lowest BCUT2D eigenvalue weighted by molar-refractivity contribution is 0.379. The molecule has 1 aliphatic heterocycles. The number of allylic oxidation sites excluding steroid dienone is 1. The minimum absolute atomic E-state index is 0.122. The number of fused-ring (bicyclic) bond motifs is 2.